The van der Waals surface area contributed by atoms with Gasteiger partial charge in [-0.25, -0.2) is 0 Å². The van der Waals surface area contributed by atoms with E-state index in [1.165, 1.54) is 4.90 Å². The second-order valence-corrected chi connectivity index (χ2v) is 7.74. The van der Waals surface area contributed by atoms with Crippen molar-refractivity contribution >= 4 is 29.0 Å². The predicted molar refractivity (Wildman–Crippen MR) is 120 cm³/mol. The maximum absolute atomic E-state index is 12.7. The fourth-order valence-corrected chi connectivity index (χ4v) is 3.73. The van der Waals surface area contributed by atoms with Crippen molar-refractivity contribution in [2.24, 2.45) is 0 Å². The van der Waals surface area contributed by atoms with Crippen LogP contribution in [-0.2, 0) is 9.53 Å². The first-order chi connectivity index (χ1) is 15.0. The summed E-state index contributed by atoms with van der Waals surface area (Å²) in [5, 5.41) is -0.310. The Labute approximate surface area is 185 Å². The highest BCUT2D eigenvalue weighted by Gasteiger charge is 2.34. The molecule has 0 aliphatic carbocycles. The minimum atomic E-state index is -0.332. The van der Waals surface area contributed by atoms with Gasteiger partial charge in [0.1, 0.15) is 19.0 Å². The fraction of sp³-hybridized carbons (Fsp3) is 0.304. The van der Waals surface area contributed by atoms with Crippen LogP contribution in [0.2, 0.25) is 0 Å². The maximum Gasteiger partial charge on any atom is 0.293 e. The molecule has 31 heavy (non-hydrogen) atoms. The van der Waals surface area contributed by atoms with E-state index in [-0.39, 0.29) is 24.3 Å². The van der Waals surface area contributed by atoms with Gasteiger partial charge in [0.15, 0.2) is 11.5 Å². The van der Waals surface area contributed by atoms with Crippen LogP contribution in [0.25, 0.3) is 6.08 Å². The Balaban J connectivity index is 1.63. The second kappa shape index (κ2) is 10.9. The highest BCUT2D eigenvalue weighted by Crippen LogP contribution is 2.34. The van der Waals surface area contributed by atoms with Crippen LogP contribution in [0.15, 0.2) is 47.4 Å². The predicted octanol–water partition coefficient (Wildman–Crippen LogP) is 4.14. The number of nitrogens with zero attached hydrogens (tertiary/aromatic N) is 1. The quantitative estimate of drug-likeness (QED) is 0.403. The van der Waals surface area contributed by atoms with Gasteiger partial charge in [-0.2, -0.15) is 0 Å². The first-order valence-electron chi connectivity index (χ1n) is 9.76. The van der Waals surface area contributed by atoms with Gasteiger partial charge in [0.25, 0.3) is 11.1 Å². The number of methoxy groups -OCH3 is 2. The molecule has 0 saturated carbocycles. The van der Waals surface area contributed by atoms with Crippen molar-refractivity contribution in [1.29, 1.82) is 0 Å². The van der Waals surface area contributed by atoms with E-state index in [1.807, 2.05) is 31.2 Å². The van der Waals surface area contributed by atoms with E-state index in [0.717, 1.165) is 22.9 Å². The van der Waals surface area contributed by atoms with Gasteiger partial charge in [0, 0.05) is 7.11 Å². The first kappa shape index (κ1) is 22.7. The molecule has 0 radical (unpaired) electrons. The van der Waals surface area contributed by atoms with Crippen LogP contribution in [-0.4, -0.2) is 56.6 Å². The smallest absolute Gasteiger partial charge is 0.293 e. The Hall–Kier alpha value is -2.97. The van der Waals surface area contributed by atoms with Gasteiger partial charge in [0.05, 0.1) is 25.2 Å². The summed E-state index contributed by atoms with van der Waals surface area (Å²) in [6.07, 6.45) is 1.67. The molecule has 1 fully saturated rings. The summed E-state index contributed by atoms with van der Waals surface area (Å²) < 4.78 is 21.6. The van der Waals surface area contributed by atoms with Crippen molar-refractivity contribution in [3.05, 3.63) is 58.5 Å². The summed E-state index contributed by atoms with van der Waals surface area (Å²) in [5.41, 5.74) is 1.87. The number of carbonyl (C=O) groups excluding carboxylic acids is 2. The van der Waals surface area contributed by atoms with Gasteiger partial charge < -0.3 is 18.9 Å². The molecule has 0 spiro atoms. The monoisotopic (exact) mass is 443 g/mol. The molecule has 1 heterocycles. The SMILES string of the molecule is COCCOc1ccc(/C=C2\SC(=O)N(CCOc3ccc(C)cc3)C2=O)cc1OC. The summed E-state index contributed by atoms with van der Waals surface area (Å²) in [4.78, 5) is 26.6. The molecule has 2 aromatic carbocycles. The van der Waals surface area contributed by atoms with Gasteiger partial charge in [-0.1, -0.05) is 23.8 Å². The van der Waals surface area contributed by atoms with Crippen LogP contribution in [0.3, 0.4) is 0 Å². The third-order valence-electron chi connectivity index (χ3n) is 4.51. The second-order valence-electron chi connectivity index (χ2n) is 6.75. The fourth-order valence-electron chi connectivity index (χ4n) is 2.86. The van der Waals surface area contributed by atoms with Crippen molar-refractivity contribution in [2.45, 2.75) is 6.92 Å². The molecule has 0 atom stereocenters. The Morgan fingerprint density at radius 2 is 1.71 bits per heavy atom. The lowest BCUT2D eigenvalue weighted by Crippen LogP contribution is -2.32. The highest BCUT2D eigenvalue weighted by molar-refractivity contribution is 8.18. The number of rotatable bonds is 10. The van der Waals surface area contributed by atoms with Gasteiger partial charge in [-0.05, 0) is 54.6 Å². The molecule has 3 rings (SSSR count). The third-order valence-corrected chi connectivity index (χ3v) is 5.42. The number of hydrogen-bond donors (Lipinski definition) is 0. The molecule has 1 aliphatic rings. The number of imide groups is 1. The minimum absolute atomic E-state index is 0.186. The van der Waals surface area contributed by atoms with Crippen LogP contribution in [0.5, 0.6) is 17.2 Å². The maximum atomic E-state index is 12.7. The molecule has 2 aromatic rings. The normalized spacial score (nSPS) is 14.9. The lowest BCUT2D eigenvalue weighted by Gasteiger charge is -2.13. The Morgan fingerprint density at radius 3 is 2.42 bits per heavy atom. The zero-order valence-electron chi connectivity index (χ0n) is 17.8. The summed E-state index contributed by atoms with van der Waals surface area (Å²) in [5.74, 6) is 1.49. The van der Waals surface area contributed by atoms with Gasteiger partial charge in [0.2, 0.25) is 0 Å². The summed E-state index contributed by atoms with van der Waals surface area (Å²) in [7, 11) is 3.15. The van der Waals surface area contributed by atoms with Crippen LogP contribution in [0.1, 0.15) is 11.1 Å². The van der Waals surface area contributed by atoms with E-state index in [4.69, 9.17) is 18.9 Å². The molecule has 0 bridgehead atoms. The van der Waals surface area contributed by atoms with Gasteiger partial charge in [-0.15, -0.1) is 0 Å². The molecule has 8 heteroatoms. The van der Waals surface area contributed by atoms with E-state index in [9.17, 15) is 9.59 Å². The Bertz CT molecular complexity index is 957. The zero-order valence-corrected chi connectivity index (χ0v) is 18.6. The van der Waals surface area contributed by atoms with Crippen molar-refractivity contribution in [2.75, 3.05) is 40.6 Å². The van der Waals surface area contributed by atoms with E-state index in [2.05, 4.69) is 0 Å². The standard InChI is InChI=1S/C23H25NO6S/c1-16-4-7-18(8-5-16)29-11-10-24-22(25)21(31-23(24)26)15-17-6-9-19(20(14-17)28-3)30-13-12-27-2/h4-9,14-15H,10-13H2,1-3H3/b21-15-. The van der Waals surface area contributed by atoms with E-state index in [0.29, 0.717) is 35.4 Å². The van der Waals surface area contributed by atoms with Crippen molar-refractivity contribution < 1.29 is 28.5 Å². The number of ether oxygens (including phenoxy) is 4. The molecule has 2 amide bonds. The molecular formula is C23H25NO6S. The lowest BCUT2D eigenvalue weighted by molar-refractivity contribution is -0.123. The summed E-state index contributed by atoms with van der Waals surface area (Å²) in [6.45, 7) is 3.27. The average Bonchev–Trinajstić information content (AvgIpc) is 3.03. The van der Waals surface area contributed by atoms with Crippen molar-refractivity contribution in [3.63, 3.8) is 0 Å². The first-order valence-corrected chi connectivity index (χ1v) is 10.6. The molecular weight excluding hydrogens is 418 g/mol. The van der Waals surface area contributed by atoms with E-state index in [1.54, 1.807) is 38.5 Å². The van der Waals surface area contributed by atoms with Crippen LogP contribution >= 0.6 is 11.8 Å². The summed E-state index contributed by atoms with van der Waals surface area (Å²) in [6, 6.07) is 12.9. The molecule has 7 nitrogen and oxygen atoms in total. The number of benzene rings is 2. The third kappa shape index (κ3) is 6.02. The molecule has 0 N–H and O–H groups in total. The minimum Gasteiger partial charge on any atom is -0.493 e. The van der Waals surface area contributed by atoms with Crippen molar-refractivity contribution in [1.82, 2.24) is 4.90 Å². The van der Waals surface area contributed by atoms with Crippen LogP contribution in [0.4, 0.5) is 4.79 Å². The van der Waals surface area contributed by atoms with Crippen LogP contribution < -0.4 is 14.2 Å². The molecule has 0 aromatic heterocycles. The topological polar surface area (TPSA) is 74.3 Å². The van der Waals surface area contributed by atoms with Crippen LogP contribution in [0, 0.1) is 6.92 Å². The zero-order chi connectivity index (χ0) is 22.2. The number of hydrogen-bond acceptors (Lipinski definition) is 7. The number of carbonyl (C=O) groups is 2. The largest absolute Gasteiger partial charge is 0.493 e. The van der Waals surface area contributed by atoms with E-state index < -0.39 is 0 Å². The molecule has 164 valence electrons. The van der Waals surface area contributed by atoms with Crippen molar-refractivity contribution in [3.8, 4) is 17.2 Å². The Morgan fingerprint density at radius 1 is 0.935 bits per heavy atom. The summed E-state index contributed by atoms with van der Waals surface area (Å²) >= 11 is 0.914. The molecule has 0 unspecified atom stereocenters. The average molecular weight is 444 g/mol. The molecule has 1 saturated heterocycles. The number of amides is 2. The Kier molecular flexibility index (Phi) is 7.97. The van der Waals surface area contributed by atoms with E-state index >= 15 is 0 Å². The van der Waals surface area contributed by atoms with Gasteiger partial charge in [-0.3, -0.25) is 14.5 Å². The molecule has 1 aliphatic heterocycles. The highest BCUT2D eigenvalue weighted by atomic mass is 32.2. The van der Waals surface area contributed by atoms with Gasteiger partial charge >= 0.3 is 0 Å². The number of thioether (sulfide) groups is 1. The lowest BCUT2D eigenvalue weighted by atomic mass is 10.2. The number of aryl methyl sites for hydroxylation is 1.